The van der Waals surface area contributed by atoms with Crippen LogP contribution in [0.4, 0.5) is 10.2 Å². The lowest BCUT2D eigenvalue weighted by Crippen LogP contribution is -2.55. The molecule has 0 amide bonds. The minimum absolute atomic E-state index is 0.00378. The van der Waals surface area contributed by atoms with E-state index in [1.165, 1.54) is 0 Å². The molecule has 8 nitrogen and oxygen atoms in total. The van der Waals surface area contributed by atoms with E-state index in [9.17, 15) is 4.39 Å². The van der Waals surface area contributed by atoms with Crippen LogP contribution in [0, 0.1) is 12.0 Å². The van der Waals surface area contributed by atoms with Crippen molar-refractivity contribution in [3.05, 3.63) is 24.2 Å². The molecule has 2 aromatic heterocycles. The molecule has 0 aromatic carbocycles. The average molecular weight is 358 g/mol. The summed E-state index contributed by atoms with van der Waals surface area (Å²) in [5, 5.41) is 13.0. The van der Waals surface area contributed by atoms with Gasteiger partial charge in [-0.25, -0.2) is 4.98 Å². The molecule has 3 aliphatic rings. The highest BCUT2D eigenvalue weighted by Crippen LogP contribution is 2.45. The van der Waals surface area contributed by atoms with Crippen LogP contribution in [0.1, 0.15) is 58.2 Å². The van der Waals surface area contributed by atoms with Gasteiger partial charge in [0.05, 0.1) is 18.1 Å². The summed E-state index contributed by atoms with van der Waals surface area (Å²) in [4.78, 5) is 6.00. The summed E-state index contributed by atoms with van der Waals surface area (Å²) >= 11 is 0. The van der Waals surface area contributed by atoms with Crippen molar-refractivity contribution < 1.29 is 4.39 Å². The van der Waals surface area contributed by atoms with Gasteiger partial charge in [0.15, 0.2) is 0 Å². The van der Waals surface area contributed by atoms with Crippen LogP contribution in [0.3, 0.4) is 0 Å². The number of halogens is 1. The first-order valence-corrected chi connectivity index (χ1v) is 9.23. The third kappa shape index (κ3) is 2.05. The number of hydrogen-bond acceptors (Lipinski definition) is 6. The van der Waals surface area contributed by atoms with Gasteiger partial charge in [0.2, 0.25) is 0 Å². The van der Waals surface area contributed by atoms with Crippen molar-refractivity contribution in [2.45, 2.75) is 64.1 Å². The molecule has 0 spiro atoms. The number of anilines is 1. The molecule has 4 heterocycles. The first-order chi connectivity index (χ1) is 12.5. The molecule has 26 heavy (non-hydrogen) atoms. The average Bonchev–Trinajstić information content (AvgIpc) is 3.31. The van der Waals surface area contributed by atoms with Gasteiger partial charge in [0, 0.05) is 17.4 Å². The van der Waals surface area contributed by atoms with E-state index in [1.807, 2.05) is 4.90 Å². The quantitative estimate of drug-likeness (QED) is 0.781. The minimum Gasteiger partial charge on any atom is -0.283 e. The smallest absolute Gasteiger partial charge is 0.283 e. The molecule has 0 bridgehead atoms. The highest BCUT2D eigenvalue weighted by Gasteiger charge is 2.48. The third-order valence-electron chi connectivity index (χ3n) is 5.80. The molecule has 9 heteroatoms. The Morgan fingerprint density at radius 2 is 2.00 bits per heavy atom. The number of nitrogens with zero attached hydrogens (tertiary/aromatic N) is 7. The molecule has 1 aliphatic carbocycles. The fourth-order valence-corrected chi connectivity index (χ4v) is 4.58. The highest BCUT2D eigenvalue weighted by atomic mass is 19.1. The summed E-state index contributed by atoms with van der Waals surface area (Å²) in [6.07, 6.45) is 7.24. The molecule has 3 atom stereocenters. The maximum atomic E-state index is 14.5. The lowest BCUT2D eigenvalue weighted by Gasteiger charge is -2.45. The predicted molar refractivity (Wildman–Crippen MR) is 94.1 cm³/mol. The second-order valence-electron chi connectivity index (χ2n) is 8.41. The van der Waals surface area contributed by atoms with E-state index in [1.54, 1.807) is 21.6 Å². The van der Waals surface area contributed by atoms with E-state index < -0.39 is 6.08 Å². The molecule has 138 valence electrons. The van der Waals surface area contributed by atoms with Crippen LogP contribution in [0.25, 0.3) is 0 Å². The van der Waals surface area contributed by atoms with Crippen molar-refractivity contribution in [1.29, 1.82) is 0 Å². The molecule has 0 saturated heterocycles. The standard InChI is InChI=1S/C17H23FN8/c1-17(2,3)12-8-20-23-26(12)16-22-21-14-10-6-4-5-7-11(10)24-13(25(14)16)9-19-15(24)18/h8-11,14,21H,4-7H2,1-3H3. The van der Waals surface area contributed by atoms with E-state index in [-0.39, 0.29) is 23.5 Å². The normalized spacial score (nSPS) is 27.5. The Morgan fingerprint density at radius 1 is 1.19 bits per heavy atom. The Morgan fingerprint density at radius 3 is 2.81 bits per heavy atom. The van der Waals surface area contributed by atoms with Crippen LogP contribution in [-0.2, 0) is 5.41 Å². The van der Waals surface area contributed by atoms with Crippen molar-refractivity contribution in [2.75, 3.05) is 4.90 Å². The van der Waals surface area contributed by atoms with Gasteiger partial charge in [-0.2, -0.15) is 9.07 Å². The van der Waals surface area contributed by atoms with Crippen molar-refractivity contribution in [2.24, 2.45) is 11.0 Å². The lowest BCUT2D eigenvalue weighted by atomic mass is 9.80. The van der Waals surface area contributed by atoms with Crippen molar-refractivity contribution in [3.8, 4) is 0 Å². The topological polar surface area (TPSA) is 76.2 Å². The Bertz CT molecular complexity index is 876. The molecule has 1 N–H and O–H groups in total. The maximum Gasteiger partial charge on any atom is 0.291 e. The number of aromatic nitrogens is 5. The Balaban J connectivity index is 1.63. The first-order valence-electron chi connectivity index (χ1n) is 9.23. The molecular weight excluding hydrogens is 335 g/mol. The summed E-state index contributed by atoms with van der Waals surface area (Å²) in [5.41, 5.74) is 4.10. The van der Waals surface area contributed by atoms with Gasteiger partial charge in [-0.15, -0.1) is 10.2 Å². The second-order valence-corrected chi connectivity index (χ2v) is 8.41. The summed E-state index contributed by atoms with van der Waals surface area (Å²) in [7, 11) is 0. The monoisotopic (exact) mass is 358 g/mol. The maximum absolute atomic E-state index is 14.5. The van der Waals surface area contributed by atoms with Crippen molar-refractivity contribution in [1.82, 2.24) is 30.0 Å². The zero-order chi connectivity index (χ0) is 18.1. The van der Waals surface area contributed by atoms with Crippen LogP contribution in [-0.4, -0.2) is 36.7 Å². The zero-order valence-electron chi connectivity index (χ0n) is 15.2. The summed E-state index contributed by atoms with van der Waals surface area (Å²) in [5.74, 6) is 1.64. The molecule has 2 aromatic rings. The van der Waals surface area contributed by atoms with Crippen molar-refractivity contribution >= 4 is 11.8 Å². The lowest BCUT2D eigenvalue weighted by molar-refractivity contribution is 0.161. The predicted octanol–water partition coefficient (Wildman–Crippen LogP) is 2.21. The molecule has 3 unspecified atom stereocenters. The van der Waals surface area contributed by atoms with Crippen LogP contribution < -0.4 is 10.3 Å². The van der Waals surface area contributed by atoms with Gasteiger partial charge >= 0.3 is 0 Å². The molecule has 5 rings (SSSR count). The number of imidazole rings is 1. The Labute approximate surface area is 151 Å². The summed E-state index contributed by atoms with van der Waals surface area (Å²) < 4.78 is 18.0. The first kappa shape index (κ1) is 15.8. The second kappa shape index (κ2) is 5.28. The van der Waals surface area contributed by atoms with Crippen molar-refractivity contribution in [3.63, 3.8) is 0 Å². The number of nitrogens with one attached hydrogen (secondary N) is 1. The van der Waals surface area contributed by atoms with Gasteiger partial charge in [0.1, 0.15) is 12.0 Å². The van der Waals surface area contributed by atoms with E-state index in [4.69, 9.17) is 0 Å². The zero-order valence-corrected chi connectivity index (χ0v) is 15.2. The van der Waals surface area contributed by atoms with Gasteiger partial charge in [-0.05, 0) is 12.8 Å². The highest BCUT2D eigenvalue weighted by molar-refractivity contribution is 5.99. The summed E-state index contributed by atoms with van der Waals surface area (Å²) in [6, 6.07) is 0.127. The molecule has 0 radical (unpaired) electrons. The fourth-order valence-electron chi connectivity index (χ4n) is 4.58. The fraction of sp³-hybridized carbons (Fsp3) is 0.647. The molecule has 1 saturated carbocycles. The number of fused-ring (bicyclic) bond motifs is 6. The van der Waals surface area contributed by atoms with Crippen LogP contribution >= 0.6 is 0 Å². The van der Waals surface area contributed by atoms with E-state index in [0.717, 1.165) is 37.2 Å². The van der Waals surface area contributed by atoms with E-state index in [2.05, 4.69) is 46.6 Å². The number of rotatable bonds is 0. The van der Waals surface area contributed by atoms with Crippen LogP contribution in [0.2, 0.25) is 0 Å². The molecular formula is C17H23FN8. The largest absolute Gasteiger partial charge is 0.291 e. The van der Waals surface area contributed by atoms with E-state index >= 15 is 0 Å². The molecule has 1 fully saturated rings. The van der Waals surface area contributed by atoms with Gasteiger partial charge in [-0.1, -0.05) is 38.8 Å². The van der Waals surface area contributed by atoms with Gasteiger partial charge in [0.25, 0.3) is 12.0 Å². The molecule has 2 aliphatic heterocycles. The Hall–Kier alpha value is -2.45. The summed E-state index contributed by atoms with van der Waals surface area (Å²) in [6.45, 7) is 6.33. The number of hydrazone groups is 1. The number of hydrogen-bond donors (Lipinski definition) is 1. The van der Waals surface area contributed by atoms with E-state index in [0.29, 0.717) is 5.96 Å². The SMILES string of the molecule is CC(C)(C)c1cnnn1C1=NNC2C3CCCCC3n3c(cnc3F)N12. The third-order valence-corrected chi connectivity index (χ3v) is 5.80. The van der Waals surface area contributed by atoms with Crippen LogP contribution in [0.15, 0.2) is 17.5 Å². The van der Waals surface area contributed by atoms with Crippen LogP contribution in [0.5, 0.6) is 0 Å². The van der Waals surface area contributed by atoms with Gasteiger partial charge < -0.3 is 0 Å². The van der Waals surface area contributed by atoms with Gasteiger partial charge in [-0.3, -0.25) is 14.9 Å². The minimum atomic E-state index is -0.420. The Kier molecular flexibility index (Phi) is 3.20.